The van der Waals surface area contributed by atoms with Gasteiger partial charge in [-0.2, -0.15) is 5.10 Å². The van der Waals surface area contributed by atoms with Crippen molar-refractivity contribution in [1.82, 2.24) is 9.78 Å². The van der Waals surface area contributed by atoms with Crippen molar-refractivity contribution in [3.05, 3.63) is 95.2 Å². The van der Waals surface area contributed by atoms with Crippen molar-refractivity contribution in [3.63, 3.8) is 0 Å². The fourth-order valence-corrected chi connectivity index (χ4v) is 6.39. The van der Waals surface area contributed by atoms with Crippen LogP contribution in [0.5, 0.6) is 0 Å². The van der Waals surface area contributed by atoms with Gasteiger partial charge in [-0.15, -0.1) is 11.8 Å². The van der Waals surface area contributed by atoms with E-state index in [1.54, 1.807) is 34.6 Å². The Hall–Kier alpha value is -4.57. The largest absolute Gasteiger partial charge is 0.460 e. The topological polar surface area (TPSA) is 106 Å². The summed E-state index contributed by atoms with van der Waals surface area (Å²) in [5.41, 5.74) is 4.97. The van der Waals surface area contributed by atoms with Crippen LogP contribution in [0.25, 0.3) is 5.69 Å². The lowest BCUT2D eigenvalue weighted by molar-refractivity contribution is -0.154. The summed E-state index contributed by atoms with van der Waals surface area (Å²) in [7, 11) is 0. The second kappa shape index (κ2) is 15.6. The molecule has 9 nitrogen and oxygen atoms in total. The van der Waals surface area contributed by atoms with Gasteiger partial charge in [0.15, 0.2) is 5.82 Å². The molecule has 0 bridgehead atoms. The molecule has 0 aliphatic carbocycles. The molecular weight excluding hydrogens is 623 g/mol. The van der Waals surface area contributed by atoms with Crippen LogP contribution in [0.1, 0.15) is 84.7 Å². The van der Waals surface area contributed by atoms with Crippen LogP contribution in [-0.4, -0.2) is 52.0 Å². The molecule has 10 heteroatoms. The highest BCUT2D eigenvalue weighted by Crippen LogP contribution is 2.28. The van der Waals surface area contributed by atoms with Crippen LogP contribution < -0.4 is 15.5 Å². The summed E-state index contributed by atoms with van der Waals surface area (Å²) in [6, 6.07) is 20.8. The zero-order chi connectivity index (χ0) is 34.3. The molecule has 3 aromatic carbocycles. The van der Waals surface area contributed by atoms with Crippen molar-refractivity contribution in [2.75, 3.05) is 34.4 Å². The maximum atomic E-state index is 13.8. The average molecular weight is 668 g/mol. The van der Waals surface area contributed by atoms with Crippen LogP contribution in [0.4, 0.5) is 17.2 Å². The van der Waals surface area contributed by atoms with E-state index in [1.807, 2.05) is 69.4 Å². The number of amides is 2. The van der Waals surface area contributed by atoms with Crippen molar-refractivity contribution in [1.29, 1.82) is 0 Å². The van der Waals surface area contributed by atoms with Gasteiger partial charge in [-0.25, -0.2) is 4.68 Å². The standard InChI is InChI=1S/C38H45N5O4S/c1-26-14-15-30(23-27(26)2)43-21-18-34(41-43)40-37(46)32-25-29(42-19-7-6-8-20-42)16-17-33(32)39-36(45)28-11-9-12-31(24-28)48-22-10-13-35(44)47-38(3,4)5/h9,11-12,14-18,21,23-25H,6-8,10,13,19-20,22H2,1-5H3,(H,39,45)(H,40,41,46). The van der Waals surface area contributed by atoms with Gasteiger partial charge in [0.05, 0.1) is 16.9 Å². The normalized spacial score (nSPS) is 13.2. The molecule has 2 amide bonds. The summed E-state index contributed by atoms with van der Waals surface area (Å²) >= 11 is 1.58. The molecule has 1 fully saturated rings. The molecule has 0 saturated carbocycles. The van der Waals surface area contributed by atoms with Crippen LogP contribution >= 0.6 is 11.8 Å². The van der Waals surface area contributed by atoms with Crippen LogP contribution in [0.2, 0.25) is 0 Å². The van der Waals surface area contributed by atoms with Crippen LogP contribution in [-0.2, 0) is 9.53 Å². The van der Waals surface area contributed by atoms with Crippen molar-refractivity contribution >= 4 is 46.7 Å². The number of rotatable bonds is 11. The maximum Gasteiger partial charge on any atom is 0.306 e. The molecule has 2 heterocycles. The van der Waals surface area contributed by atoms with Crippen molar-refractivity contribution < 1.29 is 19.1 Å². The Kier molecular flexibility index (Phi) is 11.3. The Labute approximate surface area is 287 Å². The fourth-order valence-electron chi connectivity index (χ4n) is 5.48. The molecule has 2 N–H and O–H groups in total. The van der Waals surface area contributed by atoms with Gasteiger partial charge in [-0.1, -0.05) is 12.1 Å². The Morgan fingerprint density at radius 1 is 0.854 bits per heavy atom. The van der Waals surface area contributed by atoms with Gasteiger partial charge in [-0.3, -0.25) is 14.4 Å². The predicted molar refractivity (Wildman–Crippen MR) is 194 cm³/mol. The number of piperidine rings is 1. The Morgan fingerprint density at radius 2 is 1.62 bits per heavy atom. The number of thioether (sulfide) groups is 1. The first-order chi connectivity index (χ1) is 22.9. The van der Waals surface area contributed by atoms with E-state index in [1.165, 1.54) is 12.0 Å². The summed E-state index contributed by atoms with van der Waals surface area (Å²) in [5, 5.41) is 10.5. The van der Waals surface area contributed by atoms with Gasteiger partial charge >= 0.3 is 5.97 Å². The van der Waals surface area contributed by atoms with E-state index in [4.69, 9.17) is 4.74 Å². The summed E-state index contributed by atoms with van der Waals surface area (Å²) in [4.78, 5) is 42.5. The SMILES string of the molecule is Cc1ccc(-n2ccc(NC(=O)c3cc(N4CCCCC4)ccc3NC(=O)c3cccc(SCCCC(=O)OC(C)(C)C)c3)n2)cc1C. The molecule has 4 aromatic rings. The maximum absolute atomic E-state index is 13.8. The predicted octanol–water partition coefficient (Wildman–Crippen LogP) is 8.20. The number of benzene rings is 3. The number of nitrogens with one attached hydrogen (secondary N) is 2. The van der Waals surface area contributed by atoms with Crippen molar-refractivity contribution in [3.8, 4) is 5.69 Å². The smallest absolute Gasteiger partial charge is 0.306 e. The van der Waals surface area contributed by atoms with E-state index in [-0.39, 0.29) is 17.8 Å². The second-order valence-corrected chi connectivity index (χ2v) is 14.3. The molecule has 0 spiro atoms. The fraction of sp³-hybridized carbons (Fsp3) is 0.368. The highest BCUT2D eigenvalue weighted by Gasteiger charge is 2.20. The van der Waals surface area contributed by atoms with E-state index in [2.05, 4.69) is 40.5 Å². The van der Waals surface area contributed by atoms with Crippen LogP contribution in [0.3, 0.4) is 0 Å². The molecule has 252 valence electrons. The number of hydrogen-bond donors (Lipinski definition) is 2. The van der Waals surface area contributed by atoms with Gasteiger partial charge in [0.25, 0.3) is 11.8 Å². The van der Waals surface area contributed by atoms with E-state index < -0.39 is 5.60 Å². The number of ether oxygens (including phenoxy) is 1. The number of esters is 1. The molecule has 1 saturated heterocycles. The van der Waals surface area contributed by atoms with Gasteiger partial charge in [0, 0.05) is 47.9 Å². The van der Waals surface area contributed by atoms with Gasteiger partial charge < -0.3 is 20.3 Å². The molecule has 1 aliphatic rings. The molecule has 0 radical (unpaired) electrons. The van der Waals surface area contributed by atoms with Gasteiger partial charge in [0.2, 0.25) is 0 Å². The summed E-state index contributed by atoms with van der Waals surface area (Å²) in [6.45, 7) is 11.5. The second-order valence-electron chi connectivity index (χ2n) is 13.2. The minimum atomic E-state index is -0.496. The molecular formula is C38H45N5O4S. The molecule has 0 unspecified atom stereocenters. The number of nitrogens with zero attached hydrogens (tertiary/aromatic N) is 3. The third-order valence-electron chi connectivity index (χ3n) is 8.11. The molecule has 1 aromatic heterocycles. The van der Waals surface area contributed by atoms with E-state index in [0.29, 0.717) is 41.2 Å². The summed E-state index contributed by atoms with van der Waals surface area (Å²) in [5.74, 6) is 0.243. The number of carbonyl (C=O) groups is 3. The molecule has 5 rings (SSSR count). The minimum Gasteiger partial charge on any atom is -0.460 e. The van der Waals surface area contributed by atoms with Crippen LogP contribution in [0.15, 0.2) is 77.8 Å². The van der Waals surface area contributed by atoms with Crippen molar-refractivity contribution in [2.45, 2.75) is 77.2 Å². The zero-order valence-corrected chi connectivity index (χ0v) is 29.3. The molecule has 0 atom stereocenters. The number of carbonyl (C=O) groups excluding carboxylic acids is 3. The highest BCUT2D eigenvalue weighted by atomic mass is 32.2. The Bertz CT molecular complexity index is 1770. The van der Waals surface area contributed by atoms with E-state index >= 15 is 0 Å². The lowest BCUT2D eigenvalue weighted by atomic mass is 10.1. The zero-order valence-electron chi connectivity index (χ0n) is 28.5. The third-order valence-corrected chi connectivity index (χ3v) is 9.19. The highest BCUT2D eigenvalue weighted by molar-refractivity contribution is 7.99. The molecule has 48 heavy (non-hydrogen) atoms. The minimum absolute atomic E-state index is 0.211. The third kappa shape index (κ3) is 9.50. The monoisotopic (exact) mass is 667 g/mol. The van der Waals surface area contributed by atoms with Crippen molar-refractivity contribution in [2.24, 2.45) is 0 Å². The lowest BCUT2D eigenvalue weighted by Gasteiger charge is -2.29. The first-order valence-electron chi connectivity index (χ1n) is 16.5. The summed E-state index contributed by atoms with van der Waals surface area (Å²) < 4.78 is 7.12. The van der Waals surface area contributed by atoms with Gasteiger partial charge in [0.1, 0.15) is 5.60 Å². The number of aryl methyl sites for hydroxylation is 2. The van der Waals surface area contributed by atoms with E-state index in [9.17, 15) is 14.4 Å². The first-order valence-corrected chi connectivity index (χ1v) is 17.5. The number of hydrogen-bond acceptors (Lipinski definition) is 7. The average Bonchev–Trinajstić information content (AvgIpc) is 3.52. The Morgan fingerprint density at radius 3 is 2.38 bits per heavy atom. The first kappa shape index (κ1) is 34.8. The number of anilines is 3. The molecule has 1 aliphatic heterocycles. The van der Waals surface area contributed by atoms with Crippen LogP contribution in [0, 0.1) is 13.8 Å². The lowest BCUT2D eigenvalue weighted by Crippen LogP contribution is -2.29. The Balaban J connectivity index is 1.29. The number of aromatic nitrogens is 2. The van der Waals surface area contributed by atoms with E-state index in [0.717, 1.165) is 47.8 Å². The van der Waals surface area contributed by atoms with Gasteiger partial charge in [-0.05, 0) is 126 Å². The summed E-state index contributed by atoms with van der Waals surface area (Å²) in [6.07, 6.45) is 6.23. The quantitative estimate of drug-likeness (QED) is 0.0944.